The molecule has 0 fully saturated rings. The maximum atomic E-state index is 11.1. The quantitative estimate of drug-likeness (QED) is 0.604. The fourth-order valence-electron chi connectivity index (χ4n) is 1.36. The molecule has 0 aliphatic carbocycles. The summed E-state index contributed by atoms with van der Waals surface area (Å²) in [4.78, 5) is 8.63. The van der Waals surface area contributed by atoms with E-state index < -0.39 is 10.8 Å². The van der Waals surface area contributed by atoms with Gasteiger partial charge in [0.15, 0.2) is 5.16 Å². The molecule has 0 saturated heterocycles. The molecule has 2 N–H and O–H groups in total. The maximum Gasteiger partial charge on any atom is 0.191 e. The van der Waals surface area contributed by atoms with Crippen LogP contribution in [0.25, 0.3) is 0 Å². The lowest BCUT2D eigenvalue weighted by Crippen LogP contribution is -2.23. The summed E-state index contributed by atoms with van der Waals surface area (Å²) in [6, 6.07) is 1.96. The van der Waals surface area contributed by atoms with Gasteiger partial charge in [0.25, 0.3) is 0 Å². The zero-order valence-corrected chi connectivity index (χ0v) is 12.1. The van der Waals surface area contributed by atoms with Gasteiger partial charge < -0.3 is 10.6 Å². The minimum absolute atomic E-state index is 0.121. The second kappa shape index (κ2) is 6.80. The number of rotatable bonds is 6. The number of hydrogen-bond donors (Lipinski definition) is 2. The zero-order valence-electron chi connectivity index (χ0n) is 10.5. The van der Waals surface area contributed by atoms with Crippen LogP contribution < -0.4 is 10.6 Å². The average molecular weight is 274 g/mol. The van der Waals surface area contributed by atoms with Crippen LogP contribution in [-0.4, -0.2) is 45.5 Å². The highest BCUT2D eigenvalue weighted by Gasteiger charge is 2.07. The number of thioether (sulfide) groups is 1. The Hall–Kier alpha value is -0.820. The van der Waals surface area contributed by atoms with Gasteiger partial charge in [-0.05, 0) is 13.2 Å². The molecule has 17 heavy (non-hydrogen) atoms. The Labute approximate surface area is 109 Å². The van der Waals surface area contributed by atoms with E-state index in [-0.39, 0.29) is 6.04 Å². The Morgan fingerprint density at radius 2 is 2.12 bits per heavy atom. The molecular formula is C10H18N4OS2. The van der Waals surface area contributed by atoms with Crippen molar-refractivity contribution in [2.24, 2.45) is 0 Å². The largest absolute Gasteiger partial charge is 0.373 e. The molecule has 1 aromatic heterocycles. The summed E-state index contributed by atoms with van der Waals surface area (Å²) in [6.45, 7) is 1.99. The van der Waals surface area contributed by atoms with Gasteiger partial charge in [-0.3, -0.25) is 4.21 Å². The minimum atomic E-state index is -0.810. The van der Waals surface area contributed by atoms with Gasteiger partial charge >= 0.3 is 0 Å². The first-order valence-corrected chi connectivity index (χ1v) is 8.17. The molecule has 7 heteroatoms. The molecule has 0 aliphatic heterocycles. The lowest BCUT2D eigenvalue weighted by Gasteiger charge is -2.14. The summed E-state index contributed by atoms with van der Waals surface area (Å²) >= 11 is 1.49. The zero-order chi connectivity index (χ0) is 12.8. The molecule has 96 valence electrons. The first kappa shape index (κ1) is 14.2. The van der Waals surface area contributed by atoms with Crippen LogP contribution in [0.3, 0.4) is 0 Å². The Balaban J connectivity index is 2.79. The van der Waals surface area contributed by atoms with Crippen molar-refractivity contribution in [3.05, 3.63) is 6.07 Å². The highest BCUT2D eigenvalue weighted by atomic mass is 32.2. The van der Waals surface area contributed by atoms with Crippen molar-refractivity contribution in [1.29, 1.82) is 0 Å². The van der Waals surface area contributed by atoms with Gasteiger partial charge in [0.05, 0.1) is 0 Å². The summed E-state index contributed by atoms with van der Waals surface area (Å²) in [7, 11) is 1.01. The van der Waals surface area contributed by atoms with Crippen molar-refractivity contribution >= 4 is 34.2 Å². The summed E-state index contributed by atoms with van der Waals surface area (Å²) in [5.41, 5.74) is 0. The monoisotopic (exact) mass is 274 g/mol. The molecule has 2 atom stereocenters. The van der Waals surface area contributed by atoms with Crippen molar-refractivity contribution in [2.45, 2.75) is 18.1 Å². The van der Waals surface area contributed by atoms with Crippen LogP contribution in [0, 0.1) is 0 Å². The number of hydrogen-bond acceptors (Lipinski definition) is 6. The van der Waals surface area contributed by atoms with E-state index >= 15 is 0 Å². The SMILES string of the molecule is CNc1cc(NC(C)CS(C)=O)nc(SC)n1. The molecule has 0 amide bonds. The third-order valence-corrected chi connectivity index (χ3v) is 3.54. The van der Waals surface area contributed by atoms with Crippen molar-refractivity contribution in [2.75, 3.05) is 35.9 Å². The number of nitrogens with zero attached hydrogens (tertiary/aromatic N) is 2. The molecule has 1 heterocycles. The topological polar surface area (TPSA) is 66.9 Å². The van der Waals surface area contributed by atoms with Gasteiger partial charge in [0.2, 0.25) is 0 Å². The van der Waals surface area contributed by atoms with Crippen LogP contribution >= 0.6 is 11.8 Å². The molecule has 0 radical (unpaired) electrons. The van der Waals surface area contributed by atoms with Crippen molar-refractivity contribution in [3.8, 4) is 0 Å². The van der Waals surface area contributed by atoms with E-state index in [1.54, 1.807) is 6.26 Å². The molecule has 0 spiro atoms. The Bertz CT molecular complexity index is 378. The van der Waals surface area contributed by atoms with Crippen LogP contribution in [0.2, 0.25) is 0 Å². The standard InChI is InChI=1S/C10H18N4OS2/c1-7(6-17(4)15)12-9-5-8(11-2)13-10(14-9)16-3/h5,7H,6H2,1-4H3,(H2,11,12,13,14). The Morgan fingerprint density at radius 3 is 2.65 bits per heavy atom. The van der Waals surface area contributed by atoms with Crippen LogP contribution in [0.4, 0.5) is 11.6 Å². The van der Waals surface area contributed by atoms with E-state index in [0.29, 0.717) is 10.9 Å². The summed E-state index contributed by atoms with van der Waals surface area (Å²) < 4.78 is 11.1. The Morgan fingerprint density at radius 1 is 1.47 bits per heavy atom. The van der Waals surface area contributed by atoms with Gasteiger partial charge in [-0.25, -0.2) is 9.97 Å². The fourth-order valence-corrected chi connectivity index (χ4v) is 2.53. The lowest BCUT2D eigenvalue weighted by molar-refractivity contribution is 0.682. The molecule has 1 rings (SSSR count). The smallest absolute Gasteiger partial charge is 0.191 e. The summed E-state index contributed by atoms with van der Waals surface area (Å²) in [5, 5.41) is 6.93. The highest BCUT2D eigenvalue weighted by molar-refractivity contribution is 7.98. The normalized spacial score (nSPS) is 14.1. The van der Waals surface area contributed by atoms with Crippen LogP contribution in [-0.2, 0) is 10.8 Å². The van der Waals surface area contributed by atoms with Gasteiger partial charge in [-0.15, -0.1) is 0 Å². The van der Waals surface area contributed by atoms with Crippen LogP contribution in [0.15, 0.2) is 11.2 Å². The van der Waals surface area contributed by atoms with E-state index in [1.165, 1.54) is 11.8 Å². The second-order valence-corrected chi connectivity index (χ2v) is 5.91. The van der Waals surface area contributed by atoms with Crippen molar-refractivity contribution in [1.82, 2.24) is 9.97 Å². The van der Waals surface area contributed by atoms with E-state index in [9.17, 15) is 4.21 Å². The molecule has 0 bridgehead atoms. The average Bonchev–Trinajstić information content (AvgIpc) is 2.27. The van der Waals surface area contributed by atoms with Gasteiger partial charge in [-0.2, -0.15) is 0 Å². The number of aromatic nitrogens is 2. The Kier molecular flexibility index (Phi) is 5.70. The fraction of sp³-hybridized carbons (Fsp3) is 0.600. The first-order valence-electron chi connectivity index (χ1n) is 5.22. The predicted molar refractivity (Wildman–Crippen MR) is 75.4 cm³/mol. The van der Waals surface area contributed by atoms with Crippen molar-refractivity contribution < 1.29 is 4.21 Å². The van der Waals surface area contributed by atoms with Gasteiger partial charge in [0.1, 0.15) is 11.6 Å². The van der Waals surface area contributed by atoms with E-state index in [1.807, 2.05) is 26.3 Å². The summed E-state index contributed by atoms with van der Waals surface area (Å²) in [6.07, 6.45) is 3.63. The first-order chi connectivity index (χ1) is 8.05. The van der Waals surface area contributed by atoms with E-state index in [0.717, 1.165) is 11.6 Å². The molecule has 2 unspecified atom stereocenters. The highest BCUT2D eigenvalue weighted by Crippen LogP contribution is 2.17. The van der Waals surface area contributed by atoms with E-state index in [2.05, 4.69) is 20.6 Å². The third kappa shape index (κ3) is 4.91. The maximum absolute atomic E-state index is 11.1. The predicted octanol–water partition coefficient (Wildman–Crippen LogP) is 1.42. The molecule has 0 aliphatic rings. The molecule has 5 nitrogen and oxygen atoms in total. The summed E-state index contributed by atoms with van der Waals surface area (Å²) in [5.74, 6) is 2.14. The molecule has 1 aromatic rings. The van der Waals surface area contributed by atoms with E-state index in [4.69, 9.17) is 0 Å². The second-order valence-electron chi connectivity index (χ2n) is 3.66. The van der Waals surface area contributed by atoms with Crippen molar-refractivity contribution in [3.63, 3.8) is 0 Å². The van der Waals surface area contributed by atoms with Crippen LogP contribution in [0.5, 0.6) is 0 Å². The van der Waals surface area contributed by atoms with Gasteiger partial charge in [-0.1, -0.05) is 11.8 Å². The minimum Gasteiger partial charge on any atom is -0.373 e. The third-order valence-electron chi connectivity index (χ3n) is 2.02. The van der Waals surface area contributed by atoms with Gasteiger partial charge in [0, 0.05) is 42.0 Å². The van der Waals surface area contributed by atoms with Crippen LogP contribution in [0.1, 0.15) is 6.92 Å². The lowest BCUT2D eigenvalue weighted by atomic mass is 10.4. The molecule has 0 saturated carbocycles. The molecule has 0 aromatic carbocycles. The number of anilines is 2. The molecular weight excluding hydrogens is 256 g/mol. The number of nitrogens with one attached hydrogen (secondary N) is 2.